The van der Waals surface area contributed by atoms with Crippen LogP contribution in [0.4, 0.5) is 5.69 Å². The Morgan fingerprint density at radius 2 is 1.74 bits per heavy atom. The fourth-order valence-electron chi connectivity index (χ4n) is 2.18. The lowest BCUT2D eigenvalue weighted by Crippen LogP contribution is -2.00. The van der Waals surface area contributed by atoms with Crippen molar-refractivity contribution in [2.75, 3.05) is 5.32 Å². The molecule has 0 aliphatic heterocycles. The third kappa shape index (κ3) is 2.58. The number of aromatic nitrogens is 1. The van der Waals surface area contributed by atoms with Gasteiger partial charge in [-0.15, -0.1) is 0 Å². The van der Waals surface area contributed by atoms with Crippen LogP contribution >= 0.6 is 0 Å². The number of aryl methyl sites for hydroxylation is 1. The van der Waals surface area contributed by atoms with Crippen LogP contribution in [0.15, 0.2) is 60.8 Å². The van der Waals surface area contributed by atoms with Gasteiger partial charge in [0.15, 0.2) is 0 Å². The minimum atomic E-state index is 0.812. The average Bonchev–Trinajstić information content (AvgIpc) is 2.47. The molecule has 0 aliphatic rings. The highest BCUT2D eigenvalue weighted by molar-refractivity contribution is 5.82. The van der Waals surface area contributed by atoms with Crippen LogP contribution in [0.5, 0.6) is 0 Å². The molecule has 1 N–H and O–H groups in total. The summed E-state index contributed by atoms with van der Waals surface area (Å²) in [6.45, 7) is 2.91. The molecule has 3 rings (SSSR count). The van der Waals surface area contributed by atoms with Crippen molar-refractivity contribution in [3.63, 3.8) is 0 Å². The molecule has 0 bridgehead atoms. The lowest BCUT2D eigenvalue weighted by molar-refractivity contribution is 1.15. The van der Waals surface area contributed by atoms with E-state index >= 15 is 0 Å². The zero-order chi connectivity index (χ0) is 13.1. The van der Waals surface area contributed by atoms with Crippen LogP contribution < -0.4 is 5.32 Å². The van der Waals surface area contributed by atoms with Gasteiger partial charge in [-0.05, 0) is 36.8 Å². The van der Waals surface area contributed by atoms with Crippen LogP contribution in [0.25, 0.3) is 10.9 Å². The molecule has 0 aliphatic carbocycles. The largest absolute Gasteiger partial charge is 0.381 e. The second-order valence-electron chi connectivity index (χ2n) is 4.71. The van der Waals surface area contributed by atoms with Gasteiger partial charge in [0.25, 0.3) is 0 Å². The van der Waals surface area contributed by atoms with E-state index in [0.29, 0.717) is 0 Å². The Kier molecular flexibility index (Phi) is 3.15. The number of nitrogens with zero attached hydrogens (tertiary/aromatic N) is 1. The molecule has 2 aromatic carbocycles. The van der Waals surface area contributed by atoms with Gasteiger partial charge in [0.2, 0.25) is 0 Å². The van der Waals surface area contributed by atoms with Crippen LogP contribution in [0.1, 0.15) is 11.1 Å². The van der Waals surface area contributed by atoms with Crippen molar-refractivity contribution in [2.45, 2.75) is 13.5 Å². The van der Waals surface area contributed by atoms with E-state index in [1.807, 2.05) is 18.3 Å². The monoisotopic (exact) mass is 248 g/mol. The molecule has 0 spiro atoms. The van der Waals surface area contributed by atoms with Crippen molar-refractivity contribution in [1.82, 2.24) is 4.98 Å². The third-order valence-electron chi connectivity index (χ3n) is 3.27. The molecule has 0 fully saturated rings. The first kappa shape index (κ1) is 11.7. The summed E-state index contributed by atoms with van der Waals surface area (Å²) in [5.74, 6) is 0. The second-order valence-corrected chi connectivity index (χ2v) is 4.71. The summed E-state index contributed by atoms with van der Waals surface area (Å²) in [5, 5.41) is 4.67. The van der Waals surface area contributed by atoms with E-state index in [4.69, 9.17) is 0 Å². The highest BCUT2D eigenvalue weighted by Crippen LogP contribution is 2.18. The predicted molar refractivity (Wildman–Crippen MR) is 80.2 cm³/mol. The van der Waals surface area contributed by atoms with Gasteiger partial charge in [0.1, 0.15) is 0 Å². The SMILES string of the molecule is Cc1ccc(NCc2ccnc3ccccc23)cc1. The standard InChI is InChI=1S/C17H16N2/c1-13-6-8-15(9-7-13)19-12-14-10-11-18-17-5-3-2-4-16(14)17/h2-11,19H,12H2,1H3. The minimum Gasteiger partial charge on any atom is -0.381 e. The first-order valence-corrected chi connectivity index (χ1v) is 6.46. The smallest absolute Gasteiger partial charge is 0.0705 e. The quantitative estimate of drug-likeness (QED) is 0.753. The fourth-order valence-corrected chi connectivity index (χ4v) is 2.18. The number of hydrogen-bond acceptors (Lipinski definition) is 2. The van der Waals surface area contributed by atoms with E-state index in [1.54, 1.807) is 0 Å². The predicted octanol–water partition coefficient (Wildman–Crippen LogP) is 4.16. The fraction of sp³-hybridized carbons (Fsp3) is 0.118. The van der Waals surface area contributed by atoms with Crippen LogP contribution in [0, 0.1) is 6.92 Å². The Morgan fingerprint density at radius 1 is 0.947 bits per heavy atom. The molecule has 2 heteroatoms. The maximum absolute atomic E-state index is 4.38. The number of pyridine rings is 1. The average molecular weight is 248 g/mol. The first-order valence-electron chi connectivity index (χ1n) is 6.46. The van der Waals surface area contributed by atoms with Gasteiger partial charge in [-0.1, -0.05) is 35.9 Å². The highest BCUT2D eigenvalue weighted by atomic mass is 14.9. The van der Waals surface area contributed by atoms with E-state index in [-0.39, 0.29) is 0 Å². The Hall–Kier alpha value is -2.35. The molecule has 1 aromatic heterocycles. The van der Waals surface area contributed by atoms with Crippen molar-refractivity contribution < 1.29 is 0 Å². The molecular weight excluding hydrogens is 232 g/mol. The van der Waals surface area contributed by atoms with Gasteiger partial charge in [0.05, 0.1) is 5.52 Å². The molecule has 1 heterocycles. The molecule has 94 valence electrons. The van der Waals surface area contributed by atoms with Crippen molar-refractivity contribution in [2.24, 2.45) is 0 Å². The minimum absolute atomic E-state index is 0.812. The topological polar surface area (TPSA) is 24.9 Å². The van der Waals surface area contributed by atoms with Crippen molar-refractivity contribution in [1.29, 1.82) is 0 Å². The molecule has 0 unspecified atom stereocenters. The number of fused-ring (bicyclic) bond motifs is 1. The van der Waals surface area contributed by atoms with E-state index < -0.39 is 0 Å². The summed E-state index contributed by atoms with van der Waals surface area (Å²) in [6, 6.07) is 18.8. The number of nitrogens with one attached hydrogen (secondary N) is 1. The summed E-state index contributed by atoms with van der Waals surface area (Å²) in [7, 11) is 0. The Labute approximate surface area is 113 Å². The Bertz CT molecular complexity index is 682. The first-order chi connectivity index (χ1) is 9.33. The third-order valence-corrected chi connectivity index (χ3v) is 3.27. The summed E-state index contributed by atoms with van der Waals surface area (Å²) in [6.07, 6.45) is 1.87. The summed E-state index contributed by atoms with van der Waals surface area (Å²) in [5.41, 5.74) is 4.74. The molecule has 0 atom stereocenters. The normalized spacial score (nSPS) is 10.6. The van der Waals surface area contributed by atoms with Gasteiger partial charge >= 0.3 is 0 Å². The number of para-hydroxylation sites is 1. The molecule has 0 saturated carbocycles. The van der Waals surface area contributed by atoms with Gasteiger partial charge < -0.3 is 5.32 Å². The van der Waals surface area contributed by atoms with E-state index in [9.17, 15) is 0 Å². The molecular formula is C17H16N2. The highest BCUT2D eigenvalue weighted by Gasteiger charge is 2.00. The van der Waals surface area contributed by atoms with Gasteiger partial charge in [-0.3, -0.25) is 4.98 Å². The number of anilines is 1. The summed E-state index contributed by atoms with van der Waals surface area (Å²) in [4.78, 5) is 4.38. The number of rotatable bonds is 3. The van der Waals surface area contributed by atoms with Gasteiger partial charge in [0, 0.05) is 23.8 Å². The zero-order valence-corrected chi connectivity index (χ0v) is 10.9. The summed E-state index contributed by atoms with van der Waals surface area (Å²) >= 11 is 0. The molecule has 2 nitrogen and oxygen atoms in total. The maximum Gasteiger partial charge on any atom is 0.0705 e. The Morgan fingerprint density at radius 3 is 2.58 bits per heavy atom. The lowest BCUT2D eigenvalue weighted by atomic mass is 10.1. The van der Waals surface area contributed by atoms with E-state index in [0.717, 1.165) is 17.7 Å². The van der Waals surface area contributed by atoms with Crippen LogP contribution in [0.2, 0.25) is 0 Å². The van der Waals surface area contributed by atoms with E-state index in [2.05, 4.69) is 59.7 Å². The summed E-state index contributed by atoms with van der Waals surface area (Å²) < 4.78 is 0. The van der Waals surface area contributed by atoms with E-state index in [1.165, 1.54) is 16.5 Å². The van der Waals surface area contributed by atoms with Crippen LogP contribution in [0.3, 0.4) is 0 Å². The van der Waals surface area contributed by atoms with Crippen molar-refractivity contribution in [3.8, 4) is 0 Å². The van der Waals surface area contributed by atoms with Crippen molar-refractivity contribution in [3.05, 3.63) is 71.9 Å². The van der Waals surface area contributed by atoms with Crippen LogP contribution in [-0.4, -0.2) is 4.98 Å². The van der Waals surface area contributed by atoms with Crippen molar-refractivity contribution >= 4 is 16.6 Å². The zero-order valence-electron chi connectivity index (χ0n) is 10.9. The maximum atomic E-state index is 4.38. The van der Waals surface area contributed by atoms with Gasteiger partial charge in [-0.2, -0.15) is 0 Å². The number of benzene rings is 2. The molecule has 0 saturated heterocycles. The van der Waals surface area contributed by atoms with Crippen LogP contribution in [-0.2, 0) is 6.54 Å². The van der Waals surface area contributed by atoms with Gasteiger partial charge in [-0.25, -0.2) is 0 Å². The lowest BCUT2D eigenvalue weighted by Gasteiger charge is -2.09. The number of hydrogen-bond donors (Lipinski definition) is 1. The molecule has 0 amide bonds. The molecule has 19 heavy (non-hydrogen) atoms. The second kappa shape index (κ2) is 5.11. The molecule has 3 aromatic rings. The molecule has 0 radical (unpaired) electrons. The Balaban J connectivity index is 1.84.